The Balaban J connectivity index is 2.41. The van der Waals surface area contributed by atoms with E-state index in [-0.39, 0.29) is 5.56 Å². The van der Waals surface area contributed by atoms with Gasteiger partial charge in [-0.3, -0.25) is 14.3 Å². The lowest BCUT2D eigenvalue weighted by molar-refractivity contribution is -0.113. The Morgan fingerprint density at radius 2 is 2.25 bits per heavy atom. The van der Waals surface area contributed by atoms with Crippen molar-refractivity contribution in [1.82, 2.24) is 9.55 Å². The summed E-state index contributed by atoms with van der Waals surface area (Å²) < 4.78 is 6.25. The number of H-pyrrole nitrogens is 1. The summed E-state index contributed by atoms with van der Waals surface area (Å²) in [5, 5.41) is 18.1. The second kappa shape index (κ2) is 4.20. The summed E-state index contributed by atoms with van der Waals surface area (Å²) in [5.74, 6) is 0. The molecular formula is C9H12N2O5. The summed E-state index contributed by atoms with van der Waals surface area (Å²) in [6.45, 7) is -0.453. The van der Waals surface area contributed by atoms with Crippen LogP contribution in [0.2, 0.25) is 0 Å². The molecule has 3 N–H and O–H groups in total. The van der Waals surface area contributed by atoms with Crippen LogP contribution >= 0.6 is 0 Å². The van der Waals surface area contributed by atoms with E-state index in [1.54, 1.807) is 0 Å². The smallest absolute Gasteiger partial charge is 0.330 e. The minimum absolute atomic E-state index is 0.0876. The summed E-state index contributed by atoms with van der Waals surface area (Å²) >= 11 is 0. The van der Waals surface area contributed by atoms with Crippen LogP contribution < -0.4 is 11.2 Å². The lowest BCUT2D eigenvalue weighted by Gasteiger charge is -2.13. The van der Waals surface area contributed by atoms with Gasteiger partial charge in [-0.2, -0.15) is 0 Å². The van der Waals surface area contributed by atoms with Crippen molar-refractivity contribution in [3.05, 3.63) is 32.6 Å². The number of hydrogen-bond acceptors (Lipinski definition) is 5. The molecule has 0 radical (unpaired) electrons. The molecule has 1 saturated heterocycles. The first kappa shape index (κ1) is 11.1. The maximum Gasteiger partial charge on any atom is 0.330 e. The van der Waals surface area contributed by atoms with Crippen LogP contribution in [0.3, 0.4) is 0 Å². The van der Waals surface area contributed by atoms with E-state index in [1.165, 1.54) is 10.8 Å². The average Bonchev–Trinajstić information content (AvgIpc) is 2.65. The van der Waals surface area contributed by atoms with E-state index < -0.39 is 30.4 Å². The predicted molar refractivity (Wildman–Crippen MR) is 52.6 cm³/mol. The van der Waals surface area contributed by atoms with Crippen LogP contribution in [0.4, 0.5) is 0 Å². The number of nitrogens with one attached hydrogen (secondary N) is 1. The Labute approximate surface area is 89.9 Å². The second-order valence-corrected chi connectivity index (χ2v) is 3.60. The normalized spacial score (nSPS) is 24.9. The molecule has 0 aliphatic carbocycles. The van der Waals surface area contributed by atoms with Crippen molar-refractivity contribution in [1.29, 1.82) is 0 Å². The minimum Gasteiger partial charge on any atom is -0.391 e. The zero-order valence-electron chi connectivity index (χ0n) is 8.42. The third-order valence-electron chi connectivity index (χ3n) is 2.50. The molecule has 0 saturated carbocycles. The zero-order chi connectivity index (χ0) is 11.7. The van der Waals surface area contributed by atoms with E-state index in [0.29, 0.717) is 12.8 Å². The van der Waals surface area contributed by atoms with E-state index in [4.69, 9.17) is 9.84 Å². The molecule has 0 bridgehead atoms. The third-order valence-corrected chi connectivity index (χ3v) is 2.50. The molecule has 0 spiro atoms. The molecule has 1 aliphatic heterocycles. The van der Waals surface area contributed by atoms with Crippen molar-refractivity contribution in [2.75, 3.05) is 0 Å². The molecule has 2 rings (SSSR count). The maximum atomic E-state index is 11.5. The molecule has 1 unspecified atom stereocenters. The highest BCUT2D eigenvalue weighted by molar-refractivity contribution is 5.03. The quantitative estimate of drug-likeness (QED) is 0.581. The minimum atomic E-state index is -0.888. The van der Waals surface area contributed by atoms with Crippen molar-refractivity contribution in [3.63, 3.8) is 0 Å². The lowest BCUT2D eigenvalue weighted by atomic mass is 10.3. The molecule has 1 aromatic heterocycles. The number of hydrogen-bond donors (Lipinski definition) is 3. The average molecular weight is 228 g/mol. The van der Waals surface area contributed by atoms with E-state index in [9.17, 15) is 14.7 Å². The fraction of sp³-hybridized carbons (Fsp3) is 0.556. The van der Waals surface area contributed by atoms with Gasteiger partial charge in [0.05, 0.1) is 12.2 Å². The molecule has 7 heteroatoms. The topological polar surface area (TPSA) is 105 Å². The highest BCUT2D eigenvalue weighted by Crippen LogP contribution is 2.25. The Morgan fingerprint density at radius 1 is 1.50 bits per heavy atom. The molecule has 88 valence electrons. The number of aliphatic hydroxyl groups excluding tert-OH is 2. The first-order valence-corrected chi connectivity index (χ1v) is 4.90. The monoisotopic (exact) mass is 228 g/mol. The van der Waals surface area contributed by atoms with Crippen LogP contribution in [-0.2, 0) is 11.3 Å². The Bertz CT molecular complexity index is 491. The SMILES string of the molecule is O=c1[nH]c(=O)n(C2CC[C@@H](O)O2)cc1CO. The van der Waals surface area contributed by atoms with E-state index in [1.807, 2.05) is 0 Å². The highest BCUT2D eigenvalue weighted by Gasteiger charge is 2.25. The van der Waals surface area contributed by atoms with Gasteiger partial charge in [0.25, 0.3) is 5.56 Å². The molecular weight excluding hydrogens is 216 g/mol. The number of aromatic nitrogens is 2. The van der Waals surface area contributed by atoms with Crippen LogP contribution in [0.15, 0.2) is 15.8 Å². The van der Waals surface area contributed by atoms with Gasteiger partial charge < -0.3 is 14.9 Å². The molecule has 2 heterocycles. The Hall–Kier alpha value is -1.44. The largest absolute Gasteiger partial charge is 0.391 e. The van der Waals surface area contributed by atoms with Gasteiger partial charge in [-0.25, -0.2) is 4.79 Å². The number of aromatic amines is 1. The van der Waals surface area contributed by atoms with Crippen molar-refractivity contribution in [2.45, 2.75) is 32.0 Å². The van der Waals surface area contributed by atoms with Gasteiger partial charge in [0.15, 0.2) is 6.29 Å². The summed E-state index contributed by atoms with van der Waals surface area (Å²) in [6, 6.07) is 0. The van der Waals surface area contributed by atoms with Crippen molar-refractivity contribution in [3.8, 4) is 0 Å². The zero-order valence-corrected chi connectivity index (χ0v) is 8.42. The standard InChI is InChI=1S/C9H12N2O5/c12-4-5-3-11(9(15)10-8(5)14)6-1-2-7(13)16-6/h3,6-7,12-13H,1-2,4H2,(H,10,14,15)/t6?,7-/m0/s1. The lowest BCUT2D eigenvalue weighted by Crippen LogP contribution is -2.34. The van der Waals surface area contributed by atoms with Crippen molar-refractivity contribution < 1.29 is 14.9 Å². The van der Waals surface area contributed by atoms with Crippen molar-refractivity contribution >= 4 is 0 Å². The van der Waals surface area contributed by atoms with Crippen LogP contribution in [0.5, 0.6) is 0 Å². The molecule has 0 aromatic carbocycles. The highest BCUT2D eigenvalue weighted by atomic mass is 16.6. The van der Waals surface area contributed by atoms with Gasteiger partial charge in [0.2, 0.25) is 0 Å². The molecule has 1 fully saturated rings. The maximum absolute atomic E-state index is 11.5. The fourth-order valence-electron chi connectivity index (χ4n) is 1.66. The van der Waals surface area contributed by atoms with Crippen LogP contribution in [0.1, 0.15) is 24.6 Å². The Kier molecular flexibility index (Phi) is 2.90. The van der Waals surface area contributed by atoms with Gasteiger partial charge in [0, 0.05) is 12.6 Å². The van der Waals surface area contributed by atoms with Gasteiger partial charge in [-0.05, 0) is 6.42 Å². The molecule has 1 aliphatic rings. The van der Waals surface area contributed by atoms with Crippen LogP contribution in [0.25, 0.3) is 0 Å². The van der Waals surface area contributed by atoms with Gasteiger partial charge >= 0.3 is 5.69 Å². The molecule has 1 aromatic rings. The number of ether oxygens (including phenoxy) is 1. The predicted octanol–water partition coefficient (Wildman–Crippen LogP) is -1.34. The fourth-order valence-corrected chi connectivity index (χ4v) is 1.66. The molecule has 0 amide bonds. The number of nitrogens with zero attached hydrogens (tertiary/aromatic N) is 1. The van der Waals surface area contributed by atoms with Gasteiger partial charge in [0.1, 0.15) is 6.23 Å². The summed E-state index contributed by atoms with van der Waals surface area (Å²) in [4.78, 5) is 24.7. The van der Waals surface area contributed by atoms with Gasteiger partial charge in [-0.15, -0.1) is 0 Å². The first-order valence-electron chi connectivity index (χ1n) is 4.90. The first-order chi connectivity index (χ1) is 7.61. The number of aliphatic hydroxyl groups is 2. The molecule has 2 atom stereocenters. The van der Waals surface area contributed by atoms with E-state index >= 15 is 0 Å². The summed E-state index contributed by atoms with van der Waals surface area (Å²) in [7, 11) is 0. The van der Waals surface area contributed by atoms with Crippen LogP contribution in [0, 0.1) is 0 Å². The summed E-state index contributed by atoms with van der Waals surface area (Å²) in [6.07, 6.45) is 0.693. The van der Waals surface area contributed by atoms with E-state index in [0.717, 1.165) is 0 Å². The number of rotatable bonds is 2. The van der Waals surface area contributed by atoms with E-state index in [2.05, 4.69) is 4.98 Å². The Morgan fingerprint density at radius 3 is 2.81 bits per heavy atom. The van der Waals surface area contributed by atoms with Gasteiger partial charge in [-0.1, -0.05) is 0 Å². The van der Waals surface area contributed by atoms with Crippen molar-refractivity contribution in [2.24, 2.45) is 0 Å². The van der Waals surface area contributed by atoms with Crippen LogP contribution in [-0.4, -0.2) is 26.1 Å². The third kappa shape index (κ3) is 1.92. The molecule has 16 heavy (non-hydrogen) atoms. The molecule has 7 nitrogen and oxygen atoms in total. The second-order valence-electron chi connectivity index (χ2n) is 3.60. The summed E-state index contributed by atoms with van der Waals surface area (Å²) in [5.41, 5.74) is -1.13.